The molecule has 0 radical (unpaired) electrons. The molecule has 16 nitrogen and oxygen atoms in total. The zero-order valence-corrected chi connectivity index (χ0v) is 31.0. The molecule has 0 aliphatic carbocycles. The topological polar surface area (TPSA) is 222 Å². The molecule has 0 spiro atoms. The minimum atomic E-state index is -1.03. The van der Waals surface area contributed by atoms with Crippen molar-refractivity contribution in [2.45, 2.75) is 51.1 Å². The Morgan fingerprint density at radius 3 is 2.66 bits per heavy atom. The summed E-state index contributed by atoms with van der Waals surface area (Å²) in [4.78, 5) is 87.3. The predicted molar refractivity (Wildman–Crippen MR) is 210 cm³/mol. The van der Waals surface area contributed by atoms with E-state index in [-0.39, 0.29) is 35.8 Å². The molecule has 6 amide bonds. The number of benzene rings is 3. The van der Waals surface area contributed by atoms with E-state index in [9.17, 15) is 28.8 Å². The number of carbonyl (C=O) groups excluding carboxylic acids is 6. The van der Waals surface area contributed by atoms with Gasteiger partial charge >= 0.3 is 0 Å². The summed E-state index contributed by atoms with van der Waals surface area (Å²) >= 11 is 0. The maximum Gasteiger partial charge on any atom is 0.264 e. The number of amides is 6. The fourth-order valence-electron chi connectivity index (χ4n) is 7.61. The molecule has 3 aliphatic rings. The summed E-state index contributed by atoms with van der Waals surface area (Å²) in [6.07, 6.45) is 4.04. The Labute approximate surface area is 322 Å². The fraction of sp³-hybridized carbons (Fsp3) is 0.350. The van der Waals surface area contributed by atoms with E-state index in [1.807, 2.05) is 18.2 Å². The van der Waals surface area contributed by atoms with Crippen molar-refractivity contribution in [3.05, 3.63) is 82.7 Å². The largest absolute Gasteiger partial charge is 0.388 e. The van der Waals surface area contributed by atoms with E-state index in [4.69, 9.17) is 10.4 Å². The van der Waals surface area contributed by atoms with Crippen LogP contribution in [0.1, 0.15) is 81.0 Å². The van der Waals surface area contributed by atoms with Crippen LogP contribution in [0.25, 0.3) is 11.0 Å². The molecule has 0 bridgehead atoms. The van der Waals surface area contributed by atoms with E-state index in [1.165, 1.54) is 6.21 Å². The van der Waals surface area contributed by atoms with E-state index in [2.05, 4.69) is 36.5 Å². The van der Waals surface area contributed by atoms with Gasteiger partial charge in [0.1, 0.15) is 11.9 Å². The van der Waals surface area contributed by atoms with Crippen molar-refractivity contribution in [1.82, 2.24) is 30.4 Å². The number of hydrogen-bond donors (Lipinski definition) is 7. The highest BCUT2D eigenvalue weighted by atomic mass is 16.2. The monoisotopic (exact) mass is 760 g/mol. The van der Waals surface area contributed by atoms with Crippen molar-refractivity contribution < 1.29 is 28.8 Å². The van der Waals surface area contributed by atoms with Crippen LogP contribution in [0, 0.1) is 11.3 Å². The summed E-state index contributed by atoms with van der Waals surface area (Å²) in [5.74, 6) is -1.26. The molecule has 4 aromatic rings. The summed E-state index contributed by atoms with van der Waals surface area (Å²) < 4.78 is 0. The number of carbonyl (C=O) groups is 6. The van der Waals surface area contributed by atoms with E-state index in [0.29, 0.717) is 60.9 Å². The molecule has 2 atom stereocenters. The molecule has 2 unspecified atom stereocenters. The van der Waals surface area contributed by atoms with Crippen LogP contribution < -0.4 is 26.6 Å². The van der Waals surface area contributed by atoms with E-state index in [0.717, 1.165) is 53.4 Å². The molecule has 16 heteroatoms. The highest BCUT2D eigenvalue weighted by Gasteiger charge is 2.45. The maximum atomic E-state index is 13.3. The lowest BCUT2D eigenvalue weighted by Crippen LogP contribution is -2.54. The number of aromatic nitrogens is 2. The number of imide groups is 2. The Hall–Kier alpha value is -6.42. The lowest BCUT2D eigenvalue weighted by atomic mass is 10.0. The lowest BCUT2D eigenvalue weighted by molar-refractivity contribution is -0.136. The predicted octanol–water partition coefficient (Wildman–Crippen LogP) is 3.48. The van der Waals surface area contributed by atoms with Crippen molar-refractivity contribution in [2.75, 3.05) is 49.2 Å². The number of likely N-dealkylation sites (tertiary alicyclic amines) is 1. The number of nitrogens with one attached hydrogen (secondary N) is 7. The summed E-state index contributed by atoms with van der Waals surface area (Å²) in [5, 5.41) is 22.0. The number of imidazole rings is 1. The summed E-state index contributed by atoms with van der Waals surface area (Å²) in [6, 6.07) is 14.6. The second-order valence-corrected chi connectivity index (χ2v) is 14.3. The molecule has 1 aromatic heterocycles. The van der Waals surface area contributed by atoms with Gasteiger partial charge in [-0.1, -0.05) is 6.07 Å². The third-order valence-corrected chi connectivity index (χ3v) is 10.5. The van der Waals surface area contributed by atoms with Crippen molar-refractivity contribution in [1.29, 1.82) is 5.41 Å². The van der Waals surface area contributed by atoms with Gasteiger partial charge in [-0.2, -0.15) is 0 Å². The van der Waals surface area contributed by atoms with E-state index in [1.54, 1.807) is 43.4 Å². The van der Waals surface area contributed by atoms with Gasteiger partial charge in [0.2, 0.25) is 17.7 Å². The van der Waals surface area contributed by atoms with Crippen LogP contribution in [0.3, 0.4) is 0 Å². The Bertz CT molecular complexity index is 2230. The van der Waals surface area contributed by atoms with Crippen LogP contribution in [0.5, 0.6) is 0 Å². The van der Waals surface area contributed by atoms with Crippen LogP contribution in [-0.2, 0) is 20.9 Å². The number of fused-ring (bicyclic) bond motifs is 2. The van der Waals surface area contributed by atoms with Crippen molar-refractivity contribution >= 4 is 69.8 Å². The van der Waals surface area contributed by atoms with Gasteiger partial charge in [0.25, 0.3) is 17.7 Å². The van der Waals surface area contributed by atoms with Crippen LogP contribution in [0.4, 0.5) is 17.1 Å². The van der Waals surface area contributed by atoms with Crippen LogP contribution in [0.2, 0.25) is 0 Å². The van der Waals surface area contributed by atoms with Crippen LogP contribution >= 0.6 is 0 Å². The summed E-state index contributed by atoms with van der Waals surface area (Å²) in [5.41, 5.74) is 4.99. The highest BCUT2D eigenvalue weighted by molar-refractivity contribution is 6.25. The number of H-pyrrole nitrogens is 1. The molecule has 7 N–H and O–H groups in total. The molecule has 7 rings (SSSR count). The van der Waals surface area contributed by atoms with Gasteiger partial charge in [-0.15, -0.1) is 0 Å². The second-order valence-electron chi connectivity index (χ2n) is 14.3. The number of rotatable bonds is 15. The lowest BCUT2D eigenvalue weighted by Gasteiger charge is -2.27. The van der Waals surface area contributed by atoms with Gasteiger partial charge in [-0.3, -0.25) is 43.9 Å². The molecule has 3 aromatic carbocycles. The SMILES string of the molecule is CNc1ccc(C(=O)Nc2ccc3nc(CN4CCC(CCNC(=O)CCCNc5cccc6c5C(=O)N(C5CCC(=O)NC5=O)C6=O)C4)[nH]c3c2)cc1C=N. The molecular formula is C40H44N10O6. The molecular weight excluding hydrogens is 717 g/mol. The standard InChI is InChI=1S/C40H44N10O6/c1-42-28-9-7-24(18-25(28)20-41)37(53)45-26-8-10-29-31(19-26)47-33(46-29)22-49-17-14-23(21-49)13-16-44-34(51)6-3-15-43-30-5-2-4-27-36(30)40(56)50(39(27)55)32-11-12-35(52)48-38(32)54/h2,4-5,7-10,18-20,23,32,41-43H,3,6,11-17,21-22H2,1H3,(H,44,51)(H,45,53)(H,46,47)(H,48,52,54). The zero-order valence-electron chi connectivity index (χ0n) is 31.0. The number of aromatic amines is 1. The van der Waals surface area contributed by atoms with Gasteiger partial charge in [-0.05, 0) is 86.7 Å². The number of nitrogens with zero attached hydrogens (tertiary/aromatic N) is 3. The zero-order chi connectivity index (χ0) is 39.3. The van der Waals surface area contributed by atoms with Gasteiger partial charge < -0.3 is 31.7 Å². The number of hydrogen-bond acceptors (Lipinski definition) is 11. The molecule has 56 heavy (non-hydrogen) atoms. The van der Waals surface area contributed by atoms with E-state index < -0.39 is 29.7 Å². The molecule has 4 heterocycles. The normalized spacial score (nSPS) is 18.2. The highest BCUT2D eigenvalue weighted by Crippen LogP contribution is 2.32. The average Bonchev–Trinajstić information content (AvgIpc) is 3.88. The Morgan fingerprint density at radius 1 is 1.00 bits per heavy atom. The Morgan fingerprint density at radius 2 is 1.86 bits per heavy atom. The summed E-state index contributed by atoms with van der Waals surface area (Å²) in [6.45, 7) is 3.46. The Balaban J connectivity index is 0.818. The Kier molecular flexibility index (Phi) is 11.2. The van der Waals surface area contributed by atoms with Crippen molar-refractivity contribution in [3.63, 3.8) is 0 Å². The van der Waals surface area contributed by atoms with Gasteiger partial charge in [-0.25, -0.2) is 4.98 Å². The van der Waals surface area contributed by atoms with Crippen LogP contribution in [0.15, 0.2) is 54.6 Å². The smallest absolute Gasteiger partial charge is 0.264 e. The third-order valence-electron chi connectivity index (χ3n) is 10.5. The van der Waals surface area contributed by atoms with Gasteiger partial charge in [0, 0.05) is 73.9 Å². The molecule has 3 aliphatic heterocycles. The first-order chi connectivity index (χ1) is 27.1. The first-order valence-electron chi connectivity index (χ1n) is 18.8. The molecule has 290 valence electrons. The molecule has 0 saturated carbocycles. The van der Waals surface area contributed by atoms with Crippen LogP contribution in [-0.4, -0.2) is 101 Å². The minimum absolute atomic E-state index is 0.0520. The first-order valence-corrected chi connectivity index (χ1v) is 18.8. The second kappa shape index (κ2) is 16.5. The van der Waals surface area contributed by atoms with Gasteiger partial charge in [0.05, 0.1) is 28.7 Å². The average molecular weight is 761 g/mol. The van der Waals surface area contributed by atoms with E-state index >= 15 is 0 Å². The minimum Gasteiger partial charge on any atom is -0.388 e. The van der Waals surface area contributed by atoms with Crippen molar-refractivity contribution in [3.8, 4) is 0 Å². The number of anilines is 3. The fourth-order valence-corrected chi connectivity index (χ4v) is 7.61. The molecule has 2 fully saturated rings. The summed E-state index contributed by atoms with van der Waals surface area (Å²) in [7, 11) is 1.77. The third kappa shape index (κ3) is 8.15. The quantitative estimate of drug-likeness (QED) is 0.0531. The molecule has 2 saturated heterocycles. The maximum absolute atomic E-state index is 13.3. The van der Waals surface area contributed by atoms with Crippen molar-refractivity contribution in [2.24, 2.45) is 5.92 Å². The van der Waals surface area contributed by atoms with Gasteiger partial charge in [0.15, 0.2) is 0 Å². The first kappa shape index (κ1) is 37.9. The number of piperidine rings is 1.